The van der Waals surface area contributed by atoms with Crippen molar-refractivity contribution < 1.29 is 4.52 Å². The van der Waals surface area contributed by atoms with Gasteiger partial charge in [-0.05, 0) is 31.7 Å². The minimum atomic E-state index is 0.528. The van der Waals surface area contributed by atoms with Gasteiger partial charge in [-0.25, -0.2) is 0 Å². The van der Waals surface area contributed by atoms with Gasteiger partial charge in [0, 0.05) is 18.4 Å². The van der Waals surface area contributed by atoms with Gasteiger partial charge < -0.3 is 9.84 Å². The Kier molecular flexibility index (Phi) is 6.02. The van der Waals surface area contributed by atoms with Crippen LogP contribution in [0.15, 0.2) is 4.52 Å². The molecule has 2 atom stereocenters. The monoisotopic (exact) mass is 279 g/mol. The second kappa shape index (κ2) is 7.77. The number of rotatable bonds is 7. The molecule has 1 aromatic rings. The molecule has 0 aliphatic heterocycles. The van der Waals surface area contributed by atoms with E-state index in [4.69, 9.17) is 4.52 Å². The molecule has 0 aromatic carbocycles. The Morgan fingerprint density at radius 2 is 2.20 bits per heavy atom. The van der Waals surface area contributed by atoms with Gasteiger partial charge in [-0.2, -0.15) is 4.98 Å². The number of nitrogens with one attached hydrogen (secondary N) is 1. The van der Waals surface area contributed by atoms with Crippen molar-refractivity contribution in [2.45, 2.75) is 77.7 Å². The fourth-order valence-corrected chi connectivity index (χ4v) is 3.06. The zero-order chi connectivity index (χ0) is 14.4. The van der Waals surface area contributed by atoms with Crippen LogP contribution >= 0.6 is 0 Å². The van der Waals surface area contributed by atoms with Crippen molar-refractivity contribution in [2.24, 2.45) is 5.92 Å². The topological polar surface area (TPSA) is 51.0 Å². The largest absolute Gasteiger partial charge is 0.339 e. The lowest BCUT2D eigenvalue weighted by molar-refractivity contribution is 0.297. The standard InChI is InChI=1S/C16H29N3O/c1-4-13-7-5-8-14(11-13)16-18-15(20-19-16)9-6-10-17-12(2)3/h12-14,17H,4-11H2,1-3H3. The second-order valence-electron chi connectivity index (χ2n) is 6.40. The molecule has 20 heavy (non-hydrogen) atoms. The van der Waals surface area contributed by atoms with Crippen LogP contribution in [0.25, 0.3) is 0 Å². The molecular formula is C16H29N3O. The summed E-state index contributed by atoms with van der Waals surface area (Å²) in [6.07, 6.45) is 8.37. The van der Waals surface area contributed by atoms with Crippen LogP contribution in [0, 0.1) is 5.92 Å². The van der Waals surface area contributed by atoms with Gasteiger partial charge in [0.2, 0.25) is 5.89 Å². The molecule has 4 nitrogen and oxygen atoms in total. The Hall–Kier alpha value is -0.900. The van der Waals surface area contributed by atoms with Crippen LogP contribution < -0.4 is 5.32 Å². The van der Waals surface area contributed by atoms with Gasteiger partial charge in [0.25, 0.3) is 0 Å². The third kappa shape index (κ3) is 4.58. The van der Waals surface area contributed by atoms with Gasteiger partial charge >= 0.3 is 0 Å². The number of nitrogens with zero attached hydrogens (tertiary/aromatic N) is 2. The van der Waals surface area contributed by atoms with E-state index in [1.165, 1.54) is 32.1 Å². The van der Waals surface area contributed by atoms with E-state index in [0.29, 0.717) is 12.0 Å². The Bertz CT molecular complexity index is 389. The van der Waals surface area contributed by atoms with Crippen molar-refractivity contribution in [3.05, 3.63) is 11.7 Å². The number of aromatic nitrogens is 2. The first-order valence-electron chi connectivity index (χ1n) is 8.25. The zero-order valence-corrected chi connectivity index (χ0v) is 13.2. The molecule has 1 aliphatic carbocycles. The molecule has 0 spiro atoms. The van der Waals surface area contributed by atoms with Crippen molar-refractivity contribution in [1.82, 2.24) is 15.5 Å². The summed E-state index contributed by atoms with van der Waals surface area (Å²) in [6, 6.07) is 0.543. The van der Waals surface area contributed by atoms with Gasteiger partial charge in [-0.3, -0.25) is 0 Å². The Labute approximate surface area is 122 Å². The summed E-state index contributed by atoms with van der Waals surface area (Å²) in [7, 11) is 0. The summed E-state index contributed by atoms with van der Waals surface area (Å²) in [5.74, 6) is 3.14. The molecule has 4 heteroatoms. The van der Waals surface area contributed by atoms with Gasteiger partial charge in [-0.15, -0.1) is 0 Å². The minimum Gasteiger partial charge on any atom is -0.339 e. The number of hydrogen-bond acceptors (Lipinski definition) is 4. The summed E-state index contributed by atoms with van der Waals surface area (Å²) in [6.45, 7) is 7.63. The number of hydrogen-bond donors (Lipinski definition) is 1. The van der Waals surface area contributed by atoms with Crippen molar-refractivity contribution in [2.75, 3.05) is 6.54 Å². The first-order chi connectivity index (χ1) is 9.69. The molecule has 1 N–H and O–H groups in total. The minimum absolute atomic E-state index is 0.528. The molecule has 0 bridgehead atoms. The summed E-state index contributed by atoms with van der Waals surface area (Å²) in [4.78, 5) is 4.61. The molecule has 1 heterocycles. The van der Waals surface area contributed by atoms with E-state index >= 15 is 0 Å². The van der Waals surface area contributed by atoms with E-state index in [9.17, 15) is 0 Å². The lowest BCUT2D eigenvalue weighted by atomic mass is 9.80. The first kappa shape index (κ1) is 15.5. The van der Waals surface area contributed by atoms with Gasteiger partial charge in [0.15, 0.2) is 5.82 Å². The van der Waals surface area contributed by atoms with Gasteiger partial charge in [-0.1, -0.05) is 45.2 Å². The average molecular weight is 279 g/mol. The molecule has 2 rings (SSSR count). The molecule has 1 aromatic heterocycles. The van der Waals surface area contributed by atoms with Crippen LogP contribution in [0.3, 0.4) is 0 Å². The molecule has 0 saturated heterocycles. The lowest BCUT2D eigenvalue weighted by Gasteiger charge is -2.26. The highest BCUT2D eigenvalue weighted by atomic mass is 16.5. The summed E-state index contributed by atoms with van der Waals surface area (Å²) < 4.78 is 5.40. The second-order valence-corrected chi connectivity index (χ2v) is 6.40. The maximum Gasteiger partial charge on any atom is 0.226 e. The van der Waals surface area contributed by atoms with Crippen molar-refractivity contribution >= 4 is 0 Å². The van der Waals surface area contributed by atoms with Crippen LogP contribution in [0.2, 0.25) is 0 Å². The summed E-state index contributed by atoms with van der Waals surface area (Å²) >= 11 is 0. The van der Waals surface area contributed by atoms with E-state index in [2.05, 4.69) is 36.2 Å². The highest BCUT2D eigenvalue weighted by molar-refractivity contribution is 4.98. The van der Waals surface area contributed by atoms with Crippen molar-refractivity contribution in [3.63, 3.8) is 0 Å². The van der Waals surface area contributed by atoms with Crippen LogP contribution in [0.1, 0.15) is 76.9 Å². The maximum absolute atomic E-state index is 5.40. The van der Waals surface area contributed by atoms with E-state index in [1.807, 2.05) is 0 Å². The fraction of sp³-hybridized carbons (Fsp3) is 0.875. The van der Waals surface area contributed by atoms with Crippen LogP contribution in [-0.4, -0.2) is 22.7 Å². The molecular weight excluding hydrogens is 250 g/mol. The van der Waals surface area contributed by atoms with Gasteiger partial charge in [0.05, 0.1) is 0 Å². The van der Waals surface area contributed by atoms with Crippen LogP contribution in [0.5, 0.6) is 0 Å². The van der Waals surface area contributed by atoms with Crippen molar-refractivity contribution in [3.8, 4) is 0 Å². The van der Waals surface area contributed by atoms with Crippen LogP contribution in [-0.2, 0) is 6.42 Å². The van der Waals surface area contributed by atoms with E-state index in [-0.39, 0.29) is 0 Å². The SMILES string of the molecule is CCC1CCCC(c2noc(CCCNC(C)C)n2)C1. The smallest absolute Gasteiger partial charge is 0.226 e. The predicted molar refractivity (Wildman–Crippen MR) is 80.7 cm³/mol. The zero-order valence-electron chi connectivity index (χ0n) is 13.2. The highest BCUT2D eigenvalue weighted by Gasteiger charge is 2.25. The molecule has 1 aliphatic rings. The maximum atomic E-state index is 5.40. The third-order valence-electron chi connectivity index (χ3n) is 4.33. The van der Waals surface area contributed by atoms with E-state index in [1.54, 1.807) is 0 Å². The number of aryl methyl sites for hydroxylation is 1. The molecule has 114 valence electrons. The average Bonchev–Trinajstić information content (AvgIpc) is 2.92. The van der Waals surface area contributed by atoms with Crippen LogP contribution in [0.4, 0.5) is 0 Å². The van der Waals surface area contributed by atoms with Gasteiger partial charge in [0.1, 0.15) is 0 Å². The fourth-order valence-electron chi connectivity index (χ4n) is 3.06. The summed E-state index contributed by atoms with van der Waals surface area (Å²) in [5, 5.41) is 7.63. The lowest BCUT2D eigenvalue weighted by Crippen LogP contribution is -2.23. The Balaban J connectivity index is 1.79. The molecule has 0 radical (unpaired) electrons. The van der Waals surface area contributed by atoms with E-state index < -0.39 is 0 Å². The molecule has 0 amide bonds. The van der Waals surface area contributed by atoms with Crippen molar-refractivity contribution in [1.29, 1.82) is 0 Å². The molecule has 2 unspecified atom stereocenters. The normalized spacial score (nSPS) is 23.4. The quantitative estimate of drug-likeness (QED) is 0.773. The molecule has 1 saturated carbocycles. The Morgan fingerprint density at radius 1 is 1.35 bits per heavy atom. The first-order valence-corrected chi connectivity index (χ1v) is 8.25. The third-order valence-corrected chi connectivity index (χ3v) is 4.33. The summed E-state index contributed by atoms with van der Waals surface area (Å²) in [5.41, 5.74) is 0. The predicted octanol–water partition coefficient (Wildman–Crippen LogP) is 3.68. The molecule has 1 fully saturated rings. The Morgan fingerprint density at radius 3 is 2.95 bits per heavy atom. The highest BCUT2D eigenvalue weighted by Crippen LogP contribution is 2.36. The van der Waals surface area contributed by atoms with E-state index in [0.717, 1.165) is 37.0 Å².